The molecule has 1 amide bonds. The molecule has 1 unspecified atom stereocenters. The van der Waals surface area contributed by atoms with Crippen molar-refractivity contribution in [2.24, 2.45) is 4.99 Å². The molecule has 2 rings (SSSR count). The molecule has 10 heteroatoms. The molecule has 30 heavy (non-hydrogen) atoms. The molecule has 0 aliphatic rings. The van der Waals surface area contributed by atoms with Crippen LogP contribution < -0.4 is 16.0 Å². The Morgan fingerprint density at radius 1 is 1.30 bits per heavy atom. The van der Waals surface area contributed by atoms with Gasteiger partial charge in [-0.2, -0.15) is 0 Å². The number of aliphatic imine (C=N–C) groups is 1. The summed E-state index contributed by atoms with van der Waals surface area (Å²) in [7, 11) is 1.65. The third kappa shape index (κ3) is 6.80. The molecule has 1 atom stereocenters. The quantitative estimate of drug-likeness (QED) is 0.333. The summed E-state index contributed by atoms with van der Waals surface area (Å²) in [5, 5.41) is 9.82. The van der Waals surface area contributed by atoms with Gasteiger partial charge in [0.05, 0.1) is 18.3 Å². The number of ether oxygens (including phenoxy) is 1. The number of carbonyl (C=O) groups excluding carboxylic acids is 2. The van der Waals surface area contributed by atoms with Crippen LogP contribution in [0.4, 0.5) is 5.82 Å². The number of hydrogen-bond acceptors (Lipinski definition) is 7. The standard InChI is InChI=1S/C20H28N6O3S/c1-6-29-19(28)17-13(3)24-18(30-17)14(4)25-20(21-5)22-10-9-16(27)26-15-8-7-12(2)11-23-15/h7-8,11,14H,6,9-10H2,1-5H3,(H2,21,22,25)(H,23,26,27). The Kier molecular flexibility index (Phi) is 8.72. The SMILES string of the molecule is CCOC(=O)c1sc(C(C)NC(=NC)NCCC(=O)Nc2ccc(C)cn2)nc1C. The lowest BCUT2D eigenvalue weighted by atomic mass is 10.3. The summed E-state index contributed by atoms with van der Waals surface area (Å²) in [6.45, 7) is 8.14. The smallest absolute Gasteiger partial charge is 0.350 e. The lowest BCUT2D eigenvalue weighted by molar-refractivity contribution is -0.116. The van der Waals surface area contributed by atoms with E-state index in [-0.39, 0.29) is 24.3 Å². The number of esters is 1. The monoisotopic (exact) mass is 432 g/mol. The molecule has 2 aromatic heterocycles. The Morgan fingerprint density at radius 3 is 2.70 bits per heavy atom. The van der Waals surface area contributed by atoms with Gasteiger partial charge < -0.3 is 20.7 Å². The first-order chi connectivity index (χ1) is 14.3. The predicted molar refractivity (Wildman–Crippen MR) is 118 cm³/mol. The molecule has 9 nitrogen and oxygen atoms in total. The number of nitrogens with zero attached hydrogens (tertiary/aromatic N) is 3. The molecule has 0 saturated carbocycles. The van der Waals surface area contributed by atoms with E-state index < -0.39 is 0 Å². The van der Waals surface area contributed by atoms with E-state index in [4.69, 9.17) is 4.74 Å². The first-order valence-electron chi connectivity index (χ1n) is 9.68. The first-order valence-corrected chi connectivity index (χ1v) is 10.5. The summed E-state index contributed by atoms with van der Waals surface area (Å²) < 4.78 is 5.06. The molecule has 0 bridgehead atoms. The van der Waals surface area contributed by atoms with E-state index in [2.05, 4.69) is 30.9 Å². The molecule has 0 radical (unpaired) electrons. The second-order valence-corrected chi connectivity index (χ2v) is 7.60. The largest absolute Gasteiger partial charge is 0.462 e. The van der Waals surface area contributed by atoms with Gasteiger partial charge in [-0.3, -0.25) is 9.79 Å². The number of guanidine groups is 1. The number of anilines is 1. The van der Waals surface area contributed by atoms with Crippen molar-refractivity contribution in [2.75, 3.05) is 25.5 Å². The van der Waals surface area contributed by atoms with Crippen molar-refractivity contribution in [3.8, 4) is 0 Å². The van der Waals surface area contributed by atoms with Gasteiger partial charge in [-0.1, -0.05) is 6.07 Å². The fraction of sp³-hybridized carbons (Fsp3) is 0.450. The minimum Gasteiger partial charge on any atom is -0.462 e. The maximum Gasteiger partial charge on any atom is 0.350 e. The van der Waals surface area contributed by atoms with Crippen LogP contribution in [-0.2, 0) is 9.53 Å². The second-order valence-electron chi connectivity index (χ2n) is 6.57. The zero-order valence-corrected chi connectivity index (χ0v) is 18.7. The van der Waals surface area contributed by atoms with Crippen molar-refractivity contribution >= 4 is 35.0 Å². The van der Waals surface area contributed by atoms with E-state index in [1.165, 1.54) is 11.3 Å². The number of thiazole rings is 1. The van der Waals surface area contributed by atoms with Gasteiger partial charge in [0.25, 0.3) is 0 Å². The van der Waals surface area contributed by atoms with E-state index >= 15 is 0 Å². The number of nitrogens with one attached hydrogen (secondary N) is 3. The number of amides is 1. The van der Waals surface area contributed by atoms with E-state index in [0.717, 1.165) is 10.6 Å². The van der Waals surface area contributed by atoms with Gasteiger partial charge in [0.1, 0.15) is 15.7 Å². The molecular formula is C20H28N6O3S. The molecule has 162 valence electrons. The summed E-state index contributed by atoms with van der Waals surface area (Å²) in [5.74, 6) is 0.562. The number of carbonyl (C=O) groups is 2. The van der Waals surface area contributed by atoms with Crippen LogP contribution in [0.3, 0.4) is 0 Å². The fourth-order valence-corrected chi connectivity index (χ4v) is 3.45. The Hall–Kier alpha value is -3.01. The Balaban J connectivity index is 1.84. The fourth-order valence-electron chi connectivity index (χ4n) is 2.49. The predicted octanol–water partition coefficient (Wildman–Crippen LogP) is 2.59. The molecule has 0 fully saturated rings. The molecule has 0 aliphatic heterocycles. The van der Waals surface area contributed by atoms with Crippen molar-refractivity contribution in [3.05, 3.63) is 39.5 Å². The normalized spacial score (nSPS) is 12.2. The van der Waals surface area contributed by atoms with Crippen molar-refractivity contribution < 1.29 is 14.3 Å². The zero-order valence-electron chi connectivity index (χ0n) is 17.9. The van der Waals surface area contributed by atoms with Gasteiger partial charge in [-0.25, -0.2) is 14.8 Å². The molecule has 0 spiro atoms. The third-order valence-electron chi connectivity index (χ3n) is 4.04. The van der Waals surface area contributed by atoms with Crippen LogP contribution in [-0.4, -0.2) is 48.0 Å². The minimum atomic E-state index is -0.359. The first kappa shape index (κ1) is 23.3. The summed E-state index contributed by atoms with van der Waals surface area (Å²) in [5.41, 5.74) is 1.68. The number of rotatable bonds is 8. The van der Waals surface area contributed by atoms with E-state index in [1.807, 2.05) is 19.9 Å². The zero-order chi connectivity index (χ0) is 22.1. The molecule has 0 saturated heterocycles. The Morgan fingerprint density at radius 2 is 2.07 bits per heavy atom. The van der Waals surface area contributed by atoms with Gasteiger partial charge in [-0.15, -0.1) is 11.3 Å². The highest BCUT2D eigenvalue weighted by Crippen LogP contribution is 2.24. The van der Waals surface area contributed by atoms with Gasteiger partial charge >= 0.3 is 5.97 Å². The van der Waals surface area contributed by atoms with Crippen LogP contribution in [0.15, 0.2) is 23.3 Å². The van der Waals surface area contributed by atoms with E-state index in [1.54, 1.807) is 33.2 Å². The van der Waals surface area contributed by atoms with Crippen LogP contribution in [0.25, 0.3) is 0 Å². The van der Waals surface area contributed by atoms with Crippen LogP contribution in [0.2, 0.25) is 0 Å². The highest BCUT2D eigenvalue weighted by Gasteiger charge is 2.20. The van der Waals surface area contributed by atoms with Crippen molar-refractivity contribution in [2.45, 2.75) is 40.2 Å². The molecular weight excluding hydrogens is 404 g/mol. The number of aromatic nitrogens is 2. The van der Waals surface area contributed by atoms with Crippen LogP contribution in [0.1, 0.15) is 52.2 Å². The van der Waals surface area contributed by atoms with Gasteiger partial charge in [0, 0.05) is 26.2 Å². The summed E-state index contributed by atoms with van der Waals surface area (Å²) >= 11 is 1.30. The summed E-state index contributed by atoms with van der Waals surface area (Å²) in [6.07, 6.45) is 1.96. The van der Waals surface area contributed by atoms with Crippen molar-refractivity contribution in [3.63, 3.8) is 0 Å². The van der Waals surface area contributed by atoms with E-state index in [0.29, 0.717) is 35.5 Å². The lowest BCUT2D eigenvalue weighted by Crippen LogP contribution is -2.39. The van der Waals surface area contributed by atoms with Crippen molar-refractivity contribution in [1.82, 2.24) is 20.6 Å². The molecule has 2 aromatic rings. The number of pyridine rings is 1. The second kappa shape index (κ2) is 11.2. The van der Waals surface area contributed by atoms with Gasteiger partial charge in [0.2, 0.25) is 5.91 Å². The summed E-state index contributed by atoms with van der Waals surface area (Å²) in [4.78, 5) is 37.3. The average molecular weight is 433 g/mol. The number of hydrogen-bond donors (Lipinski definition) is 3. The highest BCUT2D eigenvalue weighted by atomic mass is 32.1. The van der Waals surface area contributed by atoms with Crippen LogP contribution in [0.5, 0.6) is 0 Å². The third-order valence-corrected chi connectivity index (χ3v) is 5.36. The lowest BCUT2D eigenvalue weighted by Gasteiger charge is -2.16. The number of aryl methyl sites for hydroxylation is 2. The van der Waals surface area contributed by atoms with Gasteiger partial charge in [0.15, 0.2) is 5.96 Å². The van der Waals surface area contributed by atoms with Crippen LogP contribution in [0, 0.1) is 13.8 Å². The molecule has 3 N–H and O–H groups in total. The summed E-state index contributed by atoms with van der Waals surface area (Å²) in [6, 6.07) is 3.49. The van der Waals surface area contributed by atoms with Crippen LogP contribution >= 0.6 is 11.3 Å². The van der Waals surface area contributed by atoms with Gasteiger partial charge in [-0.05, 0) is 39.3 Å². The van der Waals surface area contributed by atoms with Crippen molar-refractivity contribution in [1.29, 1.82) is 0 Å². The Labute approximate surface area is 180 Å². The van der Waals surface area contributed by atoms with E-state index in [9.17, 15) is 9.59 Å². The maximum atomic E-state index is 12.1. The highest BCUT2D eigenvalue weighted by molar-refractivity contribution is 7.13. The minimum absolute atomic E-state index is 0.142. The molecule has 0 aliphatic carbocycles. The maximum absolute atomic E-state index is 12.1. The molecule has 2 heterocycles. The average Bonchev–Trinajstić information content (AvgIpc) is 3.11. The Bertz CT molecular complexity index is 894. The molecule has 0 aromatic carbocycles. The topological polar surface area (TPSA) is 118 Å².